The summed E-state index contributed by atoms with van der Waals surface area (Å²) < 4.78 is 9.19. The number of rotatable bonds is 7. The molecule has 1 N–H and O–H groups in total. The number of esters is 1. The summed E-state index contributed by atoms with van der Waals surface area (Å²) in [6, 6.07) is 16.0. The monoisotopic (exact) mass is 403 g/mol. The average molecular weight is 403 g/mol. The molecule has 0 saturated heterocycles. The van der Waals surface area contributed by atoms with Crippen LogP contribution in [-0.4, -0.2) is 32.9 Å². The van der Waals surface area contributed by atoms with Crippen molar-refractivity contribution in [3.63, 3.8) is 0 Å². The number of imidazole rings is 1. The number of anilines is 1. The molecule has 0 aliphatic carbocycles. The Bertz CT molecular complexity index is 1240. The van der Waals surface area contributed by atoms with E-state index < -0.39 is 0 Å². The van der Waals surface area contributed by atoms with Gasteiger partial charge in [-0.1, -0.05) is 30.3 Å². The van der Waals surface area contributed by atoms with E-state index in [0.29, 0.717) is 12.6 Å². The number of carbonyl (C=O) groups excluding carboxylic acids is 1. The second kappa shape index (κ2) is 8.41. The molecule has 0 unspecified atom stereocenters. The number of hydrazone groups is 1. The summed E-state index contributed by atoms with van der Waals surface area (Å²) in [6.45, 7) is 7.21. The second-order valence-corrected chi connectivity index (χ2v) is 6.95. The maximum Gasteiger partial charge on any atom is 0.325 e. The Kier molecular flexibility index (Phi) is 5.52. The Hall–Kier alpha value is -3.61. The van der Waals surface area contributed by atoms with Gasteiger partial charge in [-0.05, 0) is 39.0 Å². The number of aryl methyl sites for hydroxylation is 1. The Labute approximate surface area is 175 Å². The predicted molar refractivity (Wildman–Crippen MR) is 120 cm³/mol. The van der Waals surface area contributed by atoms with E-state index in [1.54, 1.807) is 6.21 Å². The van der Waals surface area contributed by atoms with Gasteiger partial charge in [0.25, 0.3) is 0 Å². The van der Waals surface area contributed by atoms with Crippen LogP contribution in [0.2, 0.25) is 0 Å². The maximum absolute atomic E-state index is 12.1. The first-order valence-electron chi connectivity index (χ1n) is 10.1. The van der Waals surface area contributed by atoms with Gasteiger partial charge in [-0.25, -0.2) is 10.4 Å². The average Bonchev–Trinajstić information content (AvgIpc) is 3.24. The van der Waals surface area contributed by atoms with Gasteiger partial charge in [0.1, 0.15) is 6.54 Å². The van der Waals surface area contributed by atoms with E-state index in [-0.39, 0.29) is 12.5 Å². The molecule has 0 fully saturated rings. The number of fused-ring (bicyclic) bond motifs is 2. The van der Waals surface area contributed by atoms with E-state index in [2.05, 4.69) is 27.0 Å². The van der Waals surface area contributed by atoms with Gasteiger partial charge in [0.05, 0.1) is 23.9 Å². The zero-order valence-electron chi connectivity index (χ0n) is 17.4. The highest BCUT2D eigenvalue weighted by Gasteiger charge is 2.15. The van der Waals surface area contributed by atoms with E-state index in [4.69, 9.17) is 4.74 Å². The summed E-state index contributed by atoms with van der Waals surface area (Å²) in [6.07, 6.45) is 1.79. The molecule has 0 amide bonds. The van der Waals surface area contributed by atoms with Crippen LogP contribution in [0.15, 0.2) is 53.6 Å². The molecule has 0 atom stereocenters. The van der Waals surface area contributed by atoms with Gasteiger partial charge < -0.3 is 13.9 Å². The summed E-state index contributed by atoms with van der Waals surface area (Å²) in [4.78, 5) is 16.7. The molecule has 7 heteroatoms. The first-order chi connectivity index (χ1) is 14.6. The molecule has 0 bridgehead atoms. The highest BCUT2D eigenvalue weighted by Crippen LogP contribution is 2.25. The zero-order chi connectivity index (χ0) is 21.1. The van der Waals surface area contributed by atoms with Gasteiger partial charge >= 0.3 is 5.97 Å². The molecule has 0 radical (unpaired) electrons. The van der Waals surface area contributed by atoms with Crippen molar-refractivity contribution >= 4 is 40.1 Å². The van der Waals surface area contributed by atoms with E-state index in [1.807, 2.05) is 66.9 Å². The number of nitrogens with one attached hydrogen (secondary N) is 1. The number of hydrogen-bond donors (Lipinski definition) is 1. The van der Waals surface area contributed by atoms with Crippen LogP contribution in [-0.2, 0) is 22.6 Å². The molecule has 2 aromatic carbocycles. The fourth-order valence-electron chi connectivity index (χ4n) is 3.80. The summed E-state index contributed by atoms with van der Waals surface area (Å²) in [5, 5.41) is 5.50. The number of para-hydroxylation sites is 3. The molecule has 154 valence electrons. The van der Waals surface area contributed by atoms with E-state index >= 15 is 0 Å². The van der Waals surface area contributed by atoms with Crippen LogP contribution in [0, 0.1) is 6.92 Å². The number of nitrogens with zero attached hydrogens (tertiary/aromatic N) is 4. The van der Waals surface area contributed by atoms with Crippen LogP contribution >= 0.6 is 0 Å². The molecule has 2 aromatic heterocycles. The minimum atomic E-state index is -0.250. The number of carbonyl (C=O) groups is 1. The Balaban J connectivity index is 1.67. The summed E-state index contributed by atoms with van der Waals surface area (Å²) in [5.41, 5.74) is 7.98. The zero-order valence-corrected chi connectivity index (χ0v) is 17.4. The molecule has 0 aliphatic heterocycles. The lowest BCUT2D eigenvalue weighted by molar-refractivity contribution is -0.143. The second-order valence-electron chi connectivity index (χ2n) is 6.95. The maximum atomic E-state index is 12.1. The van der Waals surface area contributed by atoms with Gasteiger partial charge in [-0.3, -0.25) is 4.79 Å². The van der Waals surface area contributed by atoms with Crippen molar-refractivity contribution in [2.45, 2.75) is 33.9 Å². The van der Waals surface area contributed by atoms with Gasteiger partial charge in [0, 0.05) is 28.7 Å². The topological polar surface area (TPSA) is 73.4 Å². The molecular formula is C23H25N5O2. The van der Waals surface area contributed by atoms with Crippen LogP contribution in [0.5, 0.6) is 0 Å². The summed E-state index contributed by atoms with van der Waals surface area (Å²) >= 11 is 0. The third-order valence-corrected chi connectivity index (χ3v) is 5.20. The summed E-state index contributed by atoms with van der Waals surface area (Å²) in [7, 11) is 0. The molecule has 4 aromatic rings. The van der Waals surface area contributed by atoms with Crippen LogP contribution < -0.4 is 5.43 Å². The lowest BCUT2D eigenvalue weighted by atomic mass is 10.1. The van der Waals surface area contributed by atoms with Gasteiger partial charge in [-0.15, -0.1) is 0 Å². The molecule has 0 spiro atoms. The molecule has 7 nitrogen and oxygen atoms in total. The molecule has 0 aliphatic rings. The predicted octanol–water partition coefficient (Wildman–Crippen LogP) is 4.33. The SMILES string of the molecule is CCOC(=O)Cn1c(C)c(/C=N\Nc2nc3ccccc3n2CC)c2ccccc21. The van der Waals surface area contributed by atoms with Crippen molar-refractivity contribution in [1.29, 1.82) is 0 Å². The van der Waals surface area contributed by atoms with Gasteiger partial charge in [-0.2, -0.15) is 5.10 Å². The van der Waals surface area contributed by atoms with Crippen molar-refractivity contribution in [2.75, 3.05) is 12.0 Å². The molecule has 4 rings (SSSR count). The largest absolute Gasteiger partial charge is 0.465 e. The number of hydrogen-bond acceptors (Lipinski definition) is 5. The van der Waals surface area contributed by atoms with Crippen molar-refractivity contribution in [3.05, 3.63) is 59.8 Å². The van der Waals surface area contributed by atoms with Crippen molar-refractivity contribution < 1.29 is 9.53 Å². The standard InChI is InChI=1S/C23H25N5O2/c1-4-27-21-13-9-7-11-19(21)25-23(27)26-24-14-18-16(3)28(15-22(29)30-5-2)20-12-8-6-10-17(18)20/h6-14H,4-5,15H2,1-3H3,(H,25,26)/b24-14-. The van der Waals surface area contributed by atoms with Crippen LogP contribution in [0.3, 0.4) is 0 Å². The number of benzene rings is 2. The minimum absolute atomic E-state index is 0.174. The lowest BCUT2D eigenvalue weighted by Crippen LogP contribution is -2.14. The number of ether oxygens (including phenoxy) is 1. The third-order valence-electron chi connectivity index (χ3n) is 5.20. The molecule has 2 heterocycles. The van der Waals surface area contributed by atoms with Crippen LogP contribution in [0.4, 0.5) is 5.95 Å². The Morgan fingerprint density at radius 2 is 1.83 bits per heavy atom. The molecule has 30 heavy (non-hydrogen) atoms. The third kappa shape index (κ3) is 3.54. The Morgan fingerprint density at radius 3 is 2.60 bits per heavy atom. The first-order valence-corrected chi connectivity index (χ1v) is 10.1. The fourth-order valence-corrected chi connectivity index (χ4v) is 3.80. The van der Waals surface area contributed by atoms with Crippen LogP contribution in [0.25, 0.3) is 21.9 Å². The quantitative estimate of drug-likeness (QED) is 0.283. The highest BCUT2D eigenvalue weighted by atomic mass is 16.5. The summed E-state index contributed by atoms with van der Waals surface area (Å²) in [5.74, 6) is 0.447. The Morgan fingerprint density at radius 1 is 1.10 bits per heavy atom. The fraction of sp³-hybridized carbons (Fsp3) is 0.261. The van der Waals surface area contributed by atoms with E-state index in [0.717, 1.165) is 39.7 Å². The van der Waals surface area contributed by atoms with E-state index in [1.165, 1.54) is 0 Å². The normalized spacial score (nSPS) is 11.6. The lowest BCUT2D eigenvalue weighted by Gasteiger charge is -2.07. The van der Waals surface area contributed by atoms with E-state index in [9.17, 15) is 4.79 Å². The van der Waals surface area contributed by atoms with Crippen molar-refractivity contribution in [2.24, 2.45) is 5.10 Å². The van der Waals surface area contributed by atoms with Gasteiger partial charge in [0.2, 0.25) is 5.95 Å². The van der Waals surface area contributed by atoms with Gasteiger partial charge in [0.15, 0.2) is 0 Å². The first kappa shape index (κ1) is 19.7. The number of aromatic nitrogens is 3. The van der Waals surface area contributed by atoms with Crippen LogP contribution in [0.1, 0.15) is 25.1 Å². The highest BCUT2D eigenvalue weighted by molar-refractivity contribution is 6.01. The molecular weight excluding hydrogens is 378 g/mol. The smallest absolute Gasteiger partial charge is 0.325 e. The minimum Gasteiger partial charge on any atom is -0.465 e. The van der Waals surface area contributed by atoms with Crippen molar-refractivity contribution in [3.8, 4) is 0 Å². The molecule has 0 saturated carbocycles. The van der Waals surface area contributed by atoms with Crippen molar-refractivity contribution in [1.82, 2.24) is 14.1 Å².